The monoisotopic (exact) mass is 291 g/mol. The highest BCUT2D eigenvalue weighted by Crippen LogP contribution is 2.19. The van der Waals surface area contributed by atoms with E-state index in [1.165, 1.54) is 57.0 Å². The van der Waals surface area contributed by atoms with E-state index in [9.17, 15) is 0 Å². The minimum Gasteiger partial charge on any atom is -0.317 e. The van der Waals surface area contributed by atoms with Gasteiger partial charge in [0.1, 0.15) is 11.6 Å². The molecule has 1 saturated heterocycles. The minimum atomic E-state index is 0.566. The Labute approximate surface area is 128 Å². The summed E-state index contributed by atoms with van der Waals surface area (Å²) < 4.78 is 2.36. The Hall–Kier alpha value is -0.940. The van der Waals surface area contributed by atoms with Gasteiger partial charge in [-0.15, -0.1) is 10.2 Å². The molecule has 0 bridgehead atoms. The molecule has 0 aliphatic carbocycles. The second-order valence-electron chi connectivity index (χ2n) is 6.86. The van der Waals surface area contributed by atoms with E-state index >= 15 is 0 Å². The SMILES string of the molecule is CC(C)N(Cc1nnc2n1CCCC2)CC1CCNCC1. The Kier molecular flexibility index (Phi) is 4.91. The van der Waals surface area contributed by atoms with Crippen LogP contribution in [0.15, 0.2) is 0 Å². The maximum atomic E-state index is 4.47. The van der Waals surface area contributed by atoms with Crippen LogP contribution in [0.2, 0.25) is 0 Å². The van der Waals surface area contributed by atoms with Gasteiger partial charge in [0, 0.05) is 25.6 Å². The van der Waals surface area contributed by atoms with Gasteiger partial charge >= 0.3 is 0 Å². The van der Waals surface area contributed by atoms with Crippen LogP contribution in [0, 0.1) is 5.92 Å². The second kappa shape index (κ2) is 6.88. The Bertz CT molecular complexity index is 448. The molecule has 5 heteroatoms. The lowest BCUT2D eigenvalue weighted by Gasteiger charge is -2.32. The number of nitrogens with one attached hydrogen (secondary N) is 1. The van der Waals surface area contributed by atoms with Crippen molar-refractivity contribution in [3.63, 3.8) is 0 Å². The third-order valence-corrected chi connectivity index (χ3v) is 4.96. The predicted molar refractivity (Wildman–Crippen MR) is 84.1 cm³/mol. The molecule has 3 rings (SSSR count). The molecule has 118 valence electrons. The van der Waals surface area contributed by atoms with Gasteiger partial charge in [-0.05, 0) is 58.5 Å². The van der Waals surface area contributed by atoms with Gasteiger partial charge < -0.3 is 9.88 Å². The van der Waals surface area contributed by atoms with Gasteiger partial charge in [-0.1, -0.05) is 0 Å². The first-order chi connectivity index (χ1) is 10.2. The number of aromatic nitrogens is 3. The molecular formula is C16H29N5. The maximum Gasteiger partial charge on any atom is 0.147 e. The van der Waals surface area contributed by atoms with E-state index in [-0.39, 0.29) is 0 Å². The number of rotatable bonds is 5. The normalized spacial score (nSPS) is 20.2. The highest BCUT2D eigenvalue weighted by atomic mass is 15.3. The Morgan fingerprint density at radius 3 is 2.81 bits per heavy atom. The molecule has 0 amide bonds. The van der Waals surface area contributed by atoms with E-state index in [4.69, 9.17) is 0 Å². The van der Waals surface area contributed by atoms with Crippen LogP contribution in [0.3, 0.4) is 0 Å². The molecule has 0 atom stereocenters. The summed E-state index contributed by atoms with van der Waals surface area (Å²) in [4.78, 5) is 2.59. The lowest BCUT2D eigenvalue weighted by Crippen LogP contribution is -2.39. The Morgan fingerprint density at radius 1 is 1.24 bits per heavy atom. The van der Waals surface area contributed by atoms with E-state index in [0.29, 0.717) is 6.04 Å². The zero-order valence-corrected chi connectivity index (χ0v) is 13.5. The van der Waals surface area contributed by atoms with Crippen molar-refractivity contribution in [2.75, 3.05) is 19.6 Å². The van der Waals surface area contributed by atoms with Crippen LogP contribution in [0.5, 0.6) is 0 Å². The van der Waals surface area contributed by atoms with Crippen LogP contribution >= 0.6 is 0 Å². The molecule has 0 aromatic carbocycles. The molecule has 2 aliphatic heterocycles. The highest BCUT2D eigenvalue weighted by Gasteiger charge is 2.22. The summed E-state index contributed by atoms with van der Waals surface area (Å²) >= 11 is 0. The summed E-state index contributed by atoms with van der Waals surface area (Å²) in [6.45, 7) is 10.2. The average molecular weight is 291 g/mol. The first-order valence-corrected chi connectivity index (χ1v) is 8.59. The Morgan fingerprint density at radius 2 is 2.05 bits per heavy atom. The maximum absolute atomic E-state index is 4.47. The average Bonchev–Trinajstić information content (AvgIpc) is 2.91. The summed E-state index contributed by atoms with van der Waals surface area (Å²) in [6.07, 6.45) is 6.25. The molecule has 5 nitrogen and oxygen atoms in total. The molecule has 0 saturated carbocycles. The summed E-state index contributed by atoms with van der Waals surface area (Å²) in [5.41, 5.74) is 0. The highest BCUT2D eigenvalue weighted by molar-refractivity contribution is 4.99. The summed E-state index contributed by atoms with van der Waals surface area (Å²) in [7, 11) is 0. The quantitative estimate of drug-likeness (QED) is 0.899. The zero-order chi connectivity index (χ0) is 14.7. The molecule has 21 heavy (non-hydrogen) atoms. The van der Waals surface area contributed by atoms with Crippen LogP contribution in [-0.4, -0.2) is 45.3 Å². The number of piperidine rings is 1. The fourth-order valence-electron chi connectivity index (χ4n) is 3.52. The van der Waals surface area contributed by atoms with Gasteiger partial charge in [0.15, 0.2) is 0 Å². The van der Waals surface area contributed by atoms with Gasteiger partial charge in [-0.3, -0.25) is 4.90 Å². The van der Waals surface area contributed by atoms with Crippen LogP contribution < -0.4 is 5.32 Å². The van der Waals surface area contributed by atoms with Crippen molar-refractivity contribution in [1.82, 2.24) is 25.0 Å². The first-order valence-electron chi connectivity index (χ1n) is 8.59. The van der Waals surface area contributed by atoms with Gasteiger partial charge in [0.05, 0.1) is 6.54 Å². The second-order valence-corrected chi connectivity index (χ2v) is 6.86. The van der Waals surface area contributed by atoms with Crippen molar-refractivity contribution in [3.05, 3.63) is 11.6 Å². The van der Waals surface area contributed by atoms with Crippen molar-refractivity contribution in [1.29, 1.82) is 0 Å². The number of aryl methyl sites for hydroxylation is 1. The van der Waals surface area contributed by atoms with E-state index in [1.807, 2.05) is 0 Å². The number of fused-ring (bicyclic) bond motifs is 1. The first kappa shape index (κ1) is 15.0. The molecule has 0 spiro atoms. The van der Waals surface area contributed by atoms with E-state index < -0.39 is 0 Å². The summed E-state index contributed by atoms with van der Waals surface area (Å²) in [6, 6.07) is 0.566. The lowest BCUT2D eigenvalue weighted by molar-refractivity contribution is 0.156. The van der Waals surface area contributed by atoms with Gasteiger partial charge in [0.25, 0.3) is 0 Å². The third-order valence-electron chi connectivity index (χ3n) is 4.96. The number of hydrogen-bond donors (Lipinski definition) is 1. The molecular weight excluding hydrogens is 262 g/mol. The largest absolute Gasteiger partial charge is 0.317 e. The predicted octanol–water partition coefficient (Wildman–Crippen LogP) is 1.82. The summed E-state index contributed by atoms with van der Waals surface area (Å²) in [5, 5.41) is 12.3. The van der Waals surface area contributed by atoms with Crippen molar-refractivity contribution >= 4 is 0 Å². The van der Waals surface area contributed by atoms with Gasteiger partial charge in [0.2, 0.25) is 0 Å². The standard InChI is InChI=1S/C16H29N5/c1-13(2)20(11-14-6-8-17-9-7-14)12-16-19-18-15-5-3-4-10-21(15)16/h13-14,17H,3-12H2,1-2H3. The van der Waals surface area contributed by atoms with Crippen molar-refractivity contribution in [2.45, 2.75) is 65.1 Å². The van der Waals surface area contributed by atoms with Gasteiger partial charge in [-0.2, -0.15) is 0 Å². The molecule has 1 N–H and O–H groups in total. The number of hydrogen-bond acceptors (Lipinski definition) is 4. The zero-order valence-electron chi connectivity index (χ0n) is 13.5. The van der Waals surface area contributed by atoms with Crippen LogP contribution in [0.4, 0.5) is 0 Å². The minimum absolute atomic E-state index is 0.566. The van der Waals surface area contributed by atoms with E-state index in [0.717, 1.165) is 25.4 Å². The molecule has 3 heterocycles. The number of nitrogens with zero attached hydrogens (tertiary/aromatic N) is 4. The topological polar surface area (TPSA) is 46.0 Å². The van der Waals surface area contributed by atoms with Crippen LogP contribution in [-0.2, 0) is 19.5 Å². The lowest BCUT2D eigenvalue weighted by atomic mass is 9.97. The van der Waals surface area contributed by atoms with Crippen LogP contribution in [0.1, 0.15) is 51.2 Å². The molecule has 0 unspecified atom stereocenters. The molecule has 1 fully saturated rings. The molecule has 0 radical (unpaired) electrons. The smallest absolute Gasteiger partial charge is 0.147 e. The van der Waals surface area contributed by atoms with Gasteiger partial charge in [-0.25, -0.2) is 0 Å². The van der Waals surface area contributed by atoms with E-state index in [2.05, 4.69) is 38.8 Å². The molecule has 1 aromatic rings. The van der Waals surface area contributed by atoms with Crippen LogP contribution in [0.25, 0.3) is 0 Å². The molecule has 2 aliphatic rings. The fourth-order valence-corrected chi connectivity index (χ4v) is 3.52. The van der Waals surface area contributed by atoms with Crippen molar-refractivity contribution < 1.29 is 0 Å². The summed E-state index contributed by atoms with van der Waals surface area (Å²) in [5.74, 6) is 3.20. The van der Waals surface area contributed by atoms with E-state index in [1.54, 1.807) is 0 Å². The Balaban J connectivity index is 1.65. The third kappa shape index (κ3) is 3.64. The fraction of sp³-hybridized carbons (Fsp3) is 0.875. The van der Waals surface area contributed by atoms with Crippen molar-refractivity contribution in [2.24, 2.45) is 5.92 Å². The van der Waals surface area contributed by atoms with Crippen molar-refractivity contribution in [3.8, 4) is 0 Å². The molecule has 1 aromatic heterocycles.